The Morgan fingerprint density at radius 1 is 1.43 bits per heavy atom. The highest BCUT2D eigenvalue weighted by atomic mass is 32.2. The van der Waals surface area contributed by atoms with Gasteiger partial charge >= 0.3 is 0 Å². The van der Waals surface area contributed by atoms with E-state index in [-0.39, 0.29) is 17.5 Å². The van der Waals surface area contributed by atoms with Crippen LogP contribution in [-0.2, 0) is 22.9 Å². The molecule has 1 aliphatic rings. The Balaban J connectivity index is 1.88. The van der Waals surface area contributed by atoms with Gasteiger partial charge in [0.1, 0.15) is 0 Å². The fraction of sp³-hybridized carbons (Fsp3) is 0.667. The quantitative estimate of drug-likeness (QED) is 0.800. The Bertz CT molecular complexity index is 543. The molecule has 0 spiro atoms. The maximum Gasteiger partial charge on any atom is 0.153 e. The molecule has 1 atom stereocenters. The predicted molar refractivity (Wildman–Crippen MR) is 84.8 cm³/mol. The zero-order valence-corrected chi connectivity index (χ0v) is 13.7. The molecule has 0 aliphatic carbocycles. The first kappa shape index (κ1) is 16.4. The van der Waals surface area contributed by atoms with Crippen LogP contribution in [0.3, 0.4) is 0 Å². The lowest BCUT2D eigenvalue weighted by Gasteiger charge is -2.32. The Morgan fingerprint density at radius 3 is 2.86 bits per heavy atom. The maximum atomic E-state index is 11.6. The van der Waals surface area contributed by atoms with E-state index in [0.717, 1.165) is 31.7 Å². The fourth-order valence-corrected chi connectivity index (χ4v) is 4.16. The first-order valence-corrected chi connectivity index (χ1v) is 9.41. The summed E-state index contributed by atoms with van der Waals surface area (Å²) in [5, 5.41) is 3.35. The van der Waals surface area contributed by atoms with E-state index >= 15 is 0 Å². The molecule has 6 heteroatoms. The van der Waals surface area contributed by atoms with Gasteiger partial charge in [0, 0.05) is 31.9 Å². The van der Waals surface area contributed by atoms with E-state index in [1.54, 1.807) is 0 Å². The SMILES string of the molecule is CCCNCc1ccc(CN2CCS(=O)(=O)CC2C)nc1. The van der Waals surface area contributed by atoms with Crippen LogP contribution in [0.5, 0.6) is 0 Å². The molecule has 0 bridgehead atoms. The van der Waals surface area contributed by atoms with Crippen molar-refractivity contribution < 1.29 is 8.42 Å². The smallest absolute Gasteiger partial charge is 0.153 e. The zero-order valence-electron chi connectivity index (χ0n) is 12.9. The number of sulfone groups is 1. The van der Waals surface area contributed by atoms with E-state index in [9.17, 15) is 8.42 Å². The molecule has 2 heterocycles. The second-order valence-electron chi connectivity index (χ2n) is 5.77. The van der Waals surface area contributed by atoms with Crippen LogP contribution in [0.15, 0.2) is 18.3 Å². The van der Waals surface area contributed by atoms with Gasteiger partial charge in [-0.15, -0.1) is 0 Å². The van der Waals surface area contributed by atoms with Crippen molar-refractivity contribution in [1.82, 2.24) is 15.2 Å². The molecule has 118 valence electrons. The van der Waals surface area contributed by atoms with Crippen LogP contribution in [0.25, 0.3) is 0 Å². The van der Waals surface area contributed by atoms with E-state index in [0.29, 0.717) is 6.54 Å². The summed E-state index contributed by atoms with van der Waals surface area (Å²) in [5.74, 6) is 0.516. The van der Waals surface area contributed by atoms with Crippen molar-refractivity contribution in [1.29, 1.82) is 0 Å². The summed E-state index contributed by atoms with van der Waals surface area (Å²) >= 11 is 0. The van der Waals surface area contributed by atoms with Gasteiger partial charge in [-0.2, -0.15) is 0 Å². The van der Waals surface area contributed by atoms with E-state index in [1.807, 2.05) is 19.2 Å². The third kappa shape index (κ3) is 5.05. The highest BCUT2D eigenvalue weighted by Crippen LogP contribution is 2.14. The number of nitrogens with one attached hydrogen (secondary N) is 1. The highest BCUT2D eigenvalue weighted by molar-refractivity contribution is 7.91. The van der Waals surface area contributed by atoms with Gasteiger partial charge in [-0.05, 0) is 31.5 Å². The fourth-order valence-electron chi connectivity index (χ4n) is 2.54. The number of pyridine rings is 1. The van der Waals surface area contributed by atoms with Gasteiger partial charge in [0.2, 0.25) is 0 Å². The van der Waals surface area contributed by atoms with Crippen LogP contribution in [0.1, 0.15) is 31.5 Å². The minimum absolute atomic E-state index is 0.0662. The number of aromatic nitrogens is 1. The van der Waals surface area contributed by atoms with E-state index in [2.05, 4.69) is 28.2 Å². The Morgan fingerprint density at radius 2 is 2.24 bits per heavy atom. The largest absolute Gasteiger partial charge is 0.313 e. The van der Waals surface area contributed by atoms with Gasteiger partial charge in [-0.1, -0.05) is 13.0 Å². The zero-order chi connectivity index (χ0) is 15.3. The Labute approximate surface area is 127 Å². The summed E-state index contributed by atoms with van der Waals surface area (Å²) in [5.41, 5.74) is 2.18. The van der Waals surface area contributed by atoms with Crippen molar-refractivity contribution in [2.45, 2.75) is 39.4 Å². The van der Waals surface area contributed by atoms with Gasteiger partial charge in [0.05, 0.1) is 17.2 Å². The standard InChI is InChI=1S/C15H25N3O2S/c1-3-6-16-9-14-4-5-15(17-10-14)11-18-7-8-21(19,20)12-13(18)2/h4-5,10,13,16H,3,6-9,11-12H2,1-2H3. The van der Waals surface area contributed by atoms with E-state index < -0.39 is 9.84 Å². The average molecular weight is 311 g/mol. The molecule has 1 N–H and O–H groups in total. The summed E-state index contributed by atoms with van der Waals surface area (Å²) in [6.45, 7) is 7.30. The van der Waals surface area contributed by atoms with Crippen LogP contribution < -0.4 is 5.32 Å². The minimum atomic E-state index is -2.85. The van der Waals surface area contributed by atoms with Crippen LogP contribution in [0.2, 0.25) is 0 Å². The molecule has 0 aromatic carbocycles. The third-order valence-electron chi connectivity index (χ3n) is 3.81. The number of hydrogen-bond acceptors (Lipinski definition) is 5. The summed E-state index contributed by atoms with van der Waals surface area (Å²) in [4.78, 5) is 6.68. The summed E-state index contributed by atoms with van der Waals surface area (Å²) in [6, 6.07) is 4.20. The van der Waals surface area contributed by atoms with Crippen LogP contribution in [-0.4, -0.2) is 48.9 Å². The molecule has 1 aromatic rings. The lowest BCUT2D eigenvalue weighted by atomic mass is 10.2. The van der Waals surface area contributed by atoms with Gasteiger partial charge < -0.3 is 5.32 Å². The molecule has 1 aliphatic heterocycles. The Kier molecular flexibility index (Phi) is 5.72. The molecule has 1 aromatic heterocycles. The summed E-state index contributed by atoms with van der Waals surface area (Å²) < 4.78 is 23.2. The molecule has 0 saturated carbocycles. The molecule has 21 heavy (non-hydrogen) atoms. The maximum absolute atomic E-state index is 11.6. The molecule has 2 rings (SSSR count). The van der Waals surface area contributed by atoms with Crippen molar-refractivity contribution in [2.75, 3.05) is 24.6 Å². The first-order chi connectivity index (χ1) is 10.00. The molecule has 1 fully saturated rings. The van der Waals surface area contributed by atoms with Crippen molar-refractivity contribution >= 4 is 9.84 Å². The lowest BCUT2D eigenvalue weighted by molar-refractivity contribution is 0.215. The average Bonchev–Trinajstić information content (AvgIpc) is 2.43. The van der Waals surface area contributed by atoms with Crippen LogP contribution in [0, 0.1) is 0 Å². The second kappa shape index (κ2) is 7.33. The molecular weight excluding hydrogens is 286 g/mol. The number of rotatable bonds is 6. The van der Waals surface area contributed by atoms with Crippen molar-refractivity contribution in [3.8, 4) is 0 Å². The normalized spacial score (nSPS) is 22.3. The van der Waals surface area contributed by atoms with E-state index in [1.165, 1.54) is 5.56 Å². The van der Waals surface area contributed by atoms with Gasteiger partial charge in [-0.25, -0.2) is 8.42 Å². The van der Waals surface area contributed by atoms with Crippen LogP contribution >= 0.6 is 0 Å². The van der Waals surface area contributed by atoms with Gasteiger partial charge in [-0.3, -0.25) is 9.88 Å². The van der Waals surface area contributed by atoms with E-state index in [4.69, 9.17) is 0 Å². The number of nitrogens with zero attached hydrogens (tertiary/aromatic N) is 2. The van der Waals surface area contributed by atoms with Crippen LogP contribution in [0.4, 0.5) is 0 Å². The highest BCUT2D eigenvalue weighted by Gasteiger charge is 2.28. The topological polar surface area (TPSA) is 62.3 Å². The molecule has 0 amide bonds. The minimum Gasteiger partial charge on any atom is -0.313 e. The van der Waals surface area contributed by atoms with Crippen molar-refractivity contribution in [2.24, 2.45) is 0 Å². The molecule has 1 saturated heterocycles. The first-order valence-electron chi connectivity index (χ1n) is 7.59. The third-order valence-corrected chi connectivity index (χ3v) is 5.61. The van der Waals surface area contributed by atoms with Gasteiger partial charge in [0.25, 0.3) is 0 Å². The predicted octanol–water partition coefficient (Wildman–Crippen LogP) is 1.20. The molecule has 1 unspecified atom stereocenters. The number of hydrogen-bond donors (Lipinski definition) is 1. The second-order valence-corrected chi connectivity index (χ2v) is 8.00. The lowest BCUT2D eigenvalue weighted by Crippen LogP contribution is -2.46. The molecule has 5 nitrogen and oxygen atoms in total. The van der Waals surface area contributed by atoms with Gasteiger partial charge in [0.15, 0.2) is 9.84 Å². The van der Waals surface area contributed by atoms with Crippen molar-refractivity contribution in [3.63, 3.8) is 0 Å². The molecule has 0 radical (unpaired) electrons. The Hall–Kier alpha value is -0.980. The summed E-state index contributed by atoms with van der Waals surface area (Å²) in [6.07, 6.45) is 3.03. The summed E-state index contributed by atoms with van der Waals surface area (Å²) in [7, 11) is -2.85. The van der Waals surface area contributed by atoms with Crippen molar-refractivity contribution in [3.05, 3.63) is 29.6 Å². The monoisotopic (exact) mass is 311 g/mol. The molecular formula is C15H25N3O2S.